The molecule has 0 amide bonds. The van der Waals surface area contributed by atoms with Crippen LogP contribution in [0.2, 0.25) is 0 Å². The second kappa shape index (κ2) is 9.22. The molecule has 0 radical (unpaired) electrons. The maximum absolute atomic E-state index is 13.7. The SMILES string of the molecule is COC(=O)c1ccc([C@@H]2CC(=O)Oc3cc(OC)c4c(=O)c(-c5ccc(OC)cc5)coc4c32)cc1. The van der Waals surface area contributed by atoms with Gasteiger partial charge in [-0.05, 0) is 35.4 Å². The van der Waals surface area contributed by atoms with Crippen molar-refractivity contribution < 1.29 is 33.0 Å². The van der Waals surface area contributed by atoms with Gasteiger partial charge in [0, 0.05) is 17.5 Å². The van der Waals surface area contributed by atoms with Crippen molar-refractivity contribution in [1.82, 2.24) is 0 Å². The van der Waals surface area contributed by atoms with Crippen LogP contribution in [0, 0.1) is 0 Å². The molecule has 8 nitrogen and oxygen atoms in total. The predicted molar refractivity (Wildman–Crippen MR) is 131 cm³/mol. The van der Waals surface area contributed by atoms with Crippen LogP contribution < -0.4 is 19.6 Å². The van der Waals surface area contributed by atoms with E-state index in [4.69, 9.17) is 23.4 Å². The minimum absolute atomic E-state index is 0.0376. The summed E-state index contributed by atoms with van der Waals surface area (Å²) >= 11 is 0. The van der Waals surface area contributed by atoms with E-state index in [1.165, 1.54) is 20.5 Å². The van der Waals surface area contributed by atoms with Gasteiger partial charge in [0.25, 0.3) is 0 Å². The first-order chi connectivity index (χ1) is 17.4. The lowest BCUT2D eigenvalue weighted by Crippen LogP contribution is -2.22. The van der Waals surface area contributed by atoms with E-state index in [1.54, 1.807) is 61.7 Å². The minimum Gasteiger partial charge on any atom is -0.497 e. The molecular formula is C28H22O8. The van der Waals surface area contributed by atoms with Gasteiger partial charge in [-0.2, -0.15) is 0 Å². The zero-order chi connectivity index (χ0) is 25.4. The van der Waals surface area contributed by atoms with Gasteiger partial charge in [0.2, 0.25) is 5.43 Å². The lowest BCUT2D eigenvalue weighted by atomic mass is 9.84. The molecule has 0 bridgehead atoms. The Kier molecular flexibility index (Phi) is 5.93. The van der Waals surface area contributed by atoms with Crippen molar-refractivity contribution >= 4 is 22.9 Å². The summed E-state index contributed by atoms with van der Waals surface area (Å²) in [5, 5.41) is 0.249. The lowest BCUT2D eigenvalue weighted by molar-refractivity contribution is -0.135. The fourth-order valence-electron chi connectivity index (χ4n) is 4.50. The number of benzene rings is 3. The zero-order valence-corrected chi connectivity index (χ0v) is 19.8. The van der Waals surface area contributed by atoms with Crippen LogP contribution >= 0.6 is 0 Å². The summed E-state index contributed by atoms with van der Waals surface area (Å²) in [5.41, 5.74) is 2.72. The Bertz CT molecular complexity index is 1530. The van der Waals surface area contributed by atoms with Gasteiger partial charge in [0.15, 0.2) is 0 Å². The number of hydrogen-bond acceptors (Lipinski definition) is 8. The van der Waals surface area contributed by atoms with Crippen molar-refractivity contribution in [3.8, 4) is 28.4 Å². The average molecular weight is 486 g/mol. The standard InChI is InChI=1S/C28H22O8/c1-32-18-10-8-16(9-11-18)20-14-35-27-24-19(15-4-6-17(7-5-15)28(31)34-3)12-23(29)36-22(24)13-21(33-2)25(27)26(20)30/h4-11,13-14,19H,12H2,1-3H3/t19-/m0/s1. The highest BCUT2D eigenvalue weighted by molar-refractivity contribution is 5.94. The maximum atomic E-state index is 13.7. The Morgan fingerprint density at radius 3 is 2.31 bits per heavy atom. The number of ether oxygens (including phenoxy) is 4. The number of rotatable bonds is 5. The van der Waals surface area contributed by atoms with Gasteiger partial charge in [-0.3, -0.25) is 9.59 Å². The number of esters is 2. The van der Waals surface area contributed by atoms with Gasteiger partial charge < -0.3 is 23.4 Å². The van der Waals surface area contributed by atoms with Gasteiger partial charge in [-0.15, -0.1) is 0 Å². The molecule has 3 aromatic carbocycles. The summed E-state index contributed by atoms with van der Waals surface area (Å²) < 4.78 is 27.1. The van der Waals surface area contributed by atoms with E-state index in [0.29, 0.717) is 28.0 Å². The molecule has 1 aromatic heterocycles. The molecule has 36 heavy (non-hydrogen) atoms. The summed E-state index contributed by atoms with van der Waals surface area (Å²) in [7, 11) is 4.32. The number of carbonyl (C=O) groups is 2. The second-order valence-corrected chi connectivity index (χ2v) is 8.25. The van der Waals surface area contributed by atoms with E-state index >= 15 is 0 Å². The number of fused-ring (bicyclic) bond motifs is 3. The van der Waals surface area contributed by atoms with Crippen LogP contribution in [0.1, 0.15) is 33.8 Å². The van der Waals surface area contributed by atoms with Gasteiger partial charge in [-0.25, -0.2) is 4.79 Å². The van der Waals surface area contributed by atoms with E-state index in [9.17, 15) is 14.4 Å². The number of methoxy groups -OCH3 is 3. The lowest BCUT2D eigenvalue weighted by Gasteiger charge is -2.26. The van der Waals surface area contributed by atoms with Crippen LogP contribution in [0.15, 0.2) is 70.1 Å². The average Bonchev–Trinajstić information content (AvgIpc) is 2.91. The molecule has 0 unspecified atom stereocenters. The van der Waals surface area contributed by atoms with E-state index in [0.717, 1.165) is 5.56 Å². The van der Waals surface area contributed by atoms with Crippen LogP contribution in [0.3, 0.4) is 0 Å². The summed E-state index contributed by atoms with van der Waals surface area (Å²) in [5.74, 6) is -0.185. The predicted octanol–water partition coefficient (Wildman–Crippen LogP) is 4.70. The van der Waals surface area contributed by atoms with Crippen molar-refractivity contribution in [2.45, 2.75) is 12.3 Å². The molecule has 4 aromatic rings. The van der Waals surface area contributed by atoms with E-state index in [-0.39, 0.29) is 34.3 Å². The van der Waals surface area contributed by atoms with Gasteiger partial charge >= 0.3 is 11.9 Å². The Labute approximate surface area is 206 Å². The second-order valence-electron chi connectivity index (χ2n) is 8.25. The third-order valence-corrected chi connectivity index (χ3v) is 6.31. The first-order valence-corrected chi connectivity index (χ1v) is 11.1. The van der Waals surface area contributed by atoms with Gasteiger partial charge in [-0.1, -0.05) is 24.3 Å². The van der Waals surface area contributed by atoms with Crippen LogP contribution in [0.4, 0.5) is 0 Å². The molecule has 0 spiro atoms. The molecule has 1 aliphatic heterocycles. The van der Waals surface area contributed by atoms with Crippen molar-refractivity contribution in [2.24, 2.45) is 0 Å². The summed E-state index contributed by atoms with van der Waals surface area (Å²) in [4.78, 5) is 38.0. The Morgan fingerprint density at radius 2 is 1.67 bits per heavy atom. The third-order valence-electron chi connectivity index (χ3n) is 6.31. The number of hydrogen-bond donors (Lipinski definition) is 0. The topological polar surface area (TPSA) is 101 Å². The third kappa shape index (κ3) is 3.86. The zero-order valence-electron chi connectivity index (χ0n) is 19.8. The monoisotopic (exact) mass is 486 g/mol. The maximum Gasteiger partial charge on any atom is 0.337 e. The molecule has 0 fully saturated rings. The smallest absolute Gasteiger partial charge is 0.337 e. The Balaban J connectivity index is 1.71. The Hall–Kier alpha value is -4.59. The molecule has 0 saturated heterocycles. The molecule has 0 saturated carbocycles. The first-order valence-electron chi connectivity index (χ1n) is 11.1. The molecule has 1 aliphatic rings. The fourth-order valence-corrected chi connectivity index (χ4v) is 4.50. The summed E-state index contributed by atoms with van der Waals surface area (Å²) in [6.45, 7) is 0. The summed E-state index contributed by atoms with van der Waals surface area (Å²) in [6, 6.07) is 15.4. The molecule has 1 atom stereocenters. The van der Waals surface area contributed by atoms with E-state index in [2.05, 4.69) is 0 Å². The molecule has 0 N–H and O–H groups in total. The molecule has 182 valence electrons. The minimum atomic E-state index is -0.462. The largest absolute Gasteiger partial charge is 0.497 e. The quantitative estimate of drug-likeness (QED) is 0.295. The molecule has 8 heteroatoms. The Morgan fingerprint density at radius 1 is 0.944 bits per heavy atom. The molecule has 5 rings (SSSR count). The summed E-state index contributed by atoms with van der Waals surface area (Å²) in [6.07, 6.45) is 1.44. The molecular weight excluding hydrogens is 464 g/mol. The van der Waals surface area contributed by atoms with Crippen molar-refractivity contribution in [2.75, 3.05) is 21.3 Å². The van der Waals surface area contributed by atoms with Crippen LogP contribution in [0.25, 0.3) is 22.1 Å². The fraction of sp³-hybridized carbons (Fsp3) is 0.179. The van der Waals surface area contributed by atoms with Gasteiger partial charge in [0.1, 0.15) is 34.5 Å². The molecule has 2 heterocycles. The molecule has 0 aliphatic carbocycles. The number of carbonyl (C=O) groups excluding carboxylic acids is 2. The van der Waals surface area contributed by atoms with Crippen LogP contribution in [-0.4, -0.2) is 33.3 Å². The van der Waals surface area contributed by atoms with E-state index in [1.807, 2.05) is 0 Å². The van der Waals surface area contributed by atoms with Gasteiger partial charge in [0.05, 0.1) is 38.9 Å². The highest BCUT2D eigenvalue weighted by atomic mass is 16.5. The normalized spacial score (nSPS) is 14.6. The highest BCUT2D eigenvalue weighted by Gasteiger charge is 2.34. The van der Waals surface area contributed by atoms with Crippen molar-refractivity contribution in [1.29, 1.82) is 0 Å². The van der Waals surface area contributed by atoms with Crippen LogP contribution in [0.5, 0.6) is 17.2 Å². The van der Waals surface area contributed by atoms with Crippen molar-refractivity contribution in [3.05, 3.63) is 87.8 Å². The first kappa shape index (κ1) is 23.2. The highest BCUT2D eigenvalue weighted by Crippen LogP contribution is 2.46. The van der Waals surface area contributed by atoms with E-state index < -0.39 is 17.9 Å². The van der Waals surface area contributed by atoms with Crippen molar-refractivity contribution in [3.63, 3.8) is 0 Å². The van der Waals surface area contributed by atoms with Crippen LogP contribution in [-0.2, 0) is 9.53 Å².